The Kier molecular flexibility index (Phi) is 5.55. The van der Waals surface area contributed by atoms with Gasteiger partial charge in [0.25, 0.3) is 0 Å². The average Bonchev–Trinajstić information content (AvgIpc) is 3.57. The van der Waals surface area contributed by atoms with Gasteiger partial charge in [-0.25, -0.2) is 9.67 Å². The van der Waals surface area contributed by atoms with Crippen molar-refractivity contribution >= 4 is 17.7 Å². The molecule has 0 radical (unpaired) electrons. The van der Waals surface area contributed by atoms with E-state index in [1.165, 1.54) is 11.8 Å². The molecule has 0 bridgehead atoms. The highest BCUT2D eigenvalue weighted by molar-refractivity contribution is 7.99. The summed E-state index contributed by atoms with van der Waals surface area (Å²) < 4.78 is 13.6. The highest BCUT2D eigenvalue weighted by Crippen LogP contribution is 2.40. The molecule has 7 nitrogen and oxygen atoms in total. The minimum Gasteiger partial charge on any atom is -0.486 e. The van der Waals surface area contributed by atoms with Gasteiger partial charge >= 0.3 is 0 Å². The lowest BCUT2D eigenvalue weighted by molar-refractivity contribution is -0.128. The summed E-state index contributed by atoms with van der Waals surface area (Å²) in [4.78, 5) is 19.1. The molecule has 1 fully saturated rings. The molecular formula is C23H24N4O3S. The van der Waals surface area contributed by atoms with Crippen LogP contribution in [0, 0.1) is 0 Å². The smallest absolute Gasteiger partial charge is 0.232 e. The summed E-state index contributed by atoms with van der Waals surface area (Å²) in [5.41, 5.74) is 1.00. The average molecular weight is 437 g/mol. The molecule has 3 aromatic rings. The molecule has 1 aliphatic heterocycles. The standard InChI is InChI=1S/C23H24N4O3S/c1-26(13-18-14-29-19-9-5-6-10-20(19)30-18)21(28)15-31-23-24-22(16-11-12-16)27(25-23)17-7-3-2-4-8-17/h2-10,16,18H,11-15H2,1H3/t18-/m1/s1. The molecule has 1 aromatic heterocycles. The van der Waals surface area contributed by atoms with E-state index in [9.17, 15) is 4.79 Å². The second-order valence-corrected chi connectivity index (χ2v) is 8.78. The number of aromatic nitrogens is 3. The van der Waals surface area contributed by atoms with Crippen LogP contribution in [0.1, 0.15) is 24.6 Å². The number of amides is 1. The maximum Gasteiger partial charge on any atom is 0.232 e. The van der Waals surface area contributed by atoms with Crippen LogP contribution in [0.15, 0.2) is 59.8 Å². The lowest BCUT2D eigenvalue weighted by atomic mass is 10.2. The molecule has 1 aliphatic carbocycles. The summed E-state index contributed by atoms with van der Waals surface area (Å²) in [6.45, 7) is 0.891. The van der Waals surface area contributed by atoms with Gasteiger partial charge in [0, 0.05) is 13.0 Å². The van der Waals surface area contributed by atoms with Crippen molar-refractivity contribution in [1.82, 2.24) is 19.7 Å². The van der Waals surface area contributed by atoms with Crippen LogP contribution in [0.5, 0.6) is 11.5 Å². The zero-order valence-corrected chi connectivity index (χ0v) is 18.1. The number of carbonyl (C=O) groups excluding carboxylic acids is 1. The quantitative estimate of drug-likeness (QED) is 0.528. The van der Waals surface area contributed by atoms with Gasteiger partial charge in [-0.1, -0.05) is 42.1 Å². The van der Waals surface area contributed by atoms with E-state index in [4.69, 9.17) is 14.5 Å². The molecule has 2 aliphatic rings. The second-order valence-electron chi connectivity index (χ2n) is 7.83. The van der Waals surface area contributed by atoms with Crippen molar-refractivity contribution in [2.24, 2.45) is 0 Å². The third-order valence-corrected chi connectivity index (χ3v) is 6.17. The lowest BCUT2D eigenvalue weighted by Gasteiger charge is -2.29. The van der Waals surface area contributed by atoms with Crippen LogP contribution in [-0.4, -0.2) is 57.6 Å². The van der Waals surface area contributed by atoms with Crippen molar-refractivity contribution in [3.8, 4) is 17.2 Å². The van der Waals surface area contributed by atoms with Crippen molar-refractivity contribution in [2.45, 2.75) is 30.0 Å². The zero-order chi connectivity index (χ0) is 21.2. The molecule has 1 amide bonds. The molecule has 1 atom stereocenters. The van der Waals surface area contributed by atoms with E-state index < -0.39 is 0 Å². The van der Waals surface area contributed by atoms with Crippen LogP contribution in [0.4, 0.5) is 0 Å². The highest BCUT2D eigenvalue weighted by atomic mass is 32.2. The van der Waals surface area contributed by atoms with Crippen molar-refractivity contribution in [3.63, 3.8) is 0 Å². The molecule has 31 heavy (non-hydrogen) atoms. The summed E-state index contributed by atoms with van der Waals surface area (Å²) in [6.07, 6.45) is 2.10. The predicted molar refractivity (Wildman–Crippen MR) is 118 cm³/mol. The van der Waals surface area contributed by atoms with Crippen LogP contribution in [0.25, 0.3) is 5.69 Å². The second kappa shape index (κ2) is 8.63. The Morgan fingerprint density at radius 3 is 2.65 bits per heavy atom. The Bertz CT molecular complexity index is 1070. The zero-order valence-electron chi connectivity index (χ0n) is 17.3. The maximum absolute atomic E-state index is 12.7. The minimum absolute atomic E-state index is 0.0106. The largest absolute Gasteiger partial charge is 0.486 e. The molecule has 8 heteroatoms. The fourth-order valence-electron chi connectivity index (χ4n) is 3.53. The molecule has 0 N–H and O–H groups in total. The number of benzene rings is 2. The molecule has 2 heterocycles. The number of nitrogens with zero attached hydrogens (tertiary/aromatic N) is 4. The van der Waals surface area contributed by atoms with Crippen molar-refractivity contribution in [1.29, 1.82) is 0 Å². The fourth-order valence-corrected chi connectivity index (χ4v) is 4.30. The van der Waals surface area contributed by atoms with Gasteiger partial charge in [0.15, 0.2) is 17.6 Å². The molecule has 5 rings (SSSR count). The summed E-state index contributed by atoms with van der Waals surface area (Å²) in [7, 11) is 1.79. The van der Waals surface area contributed by atoms with Gasteiger partial charge < -0.3 is 14.4 Å². The van der Waals surface area contributed by atoms with E-state index in [1.807, 2.05) is 59.3 Å². The summed E-state index contributed by atoms with van der Waals surface area (Å²) in [6, 6.07) is 17.6. The molecule has 160 valence electrons. The predicted octanol–water partition coefficient (Wildman–Crippen LogP) is 3.54. The van der Waals surface area contributed by atoms with E-state index in [1.54, 1.807) is 11.9 Å². The Hall–Kier alpha value is -3.00. The number of fused-ring (bicyclic) bond motifs is 1. The van der Waals surface area contributed by atoms with Crippen LogP contribution >= 0.6 is 11.8 Å². The Morgan fingerprint density at radius 1 is 1.13 bits per heavy atom. The summed E-state index contributed by atoms with van der Waals surface area (Å²) in [5.74, 6) is 3.21. The van der Waals surface area contributed by atoms with E-state index >= 15 is 0 Å². The topological polar surface area (TPSA) is 69.5 Å². The van der Waals surface area contributed by atoms with Gasteiger partial charge in [-0.05, 0) is 37.1 Å². The fraction of sp³-hybridized carbons (Fsp3) is 0.348. The monoisotopic (exact) mass is 436 g/mol. The van der Waals surface area contributed by atoms with E-state index in [-0.39, 0.29) is 17.8 Å². The van der Waals surface area contributed by atoms with Gasteiger partial charge in [0.1, 0.15) is 12.4 Å². The summed E-state index contributed by atoms with van der Waals surface area (Å²) >= 11 is 1.38. The van der Waals surface area contributed by atoms with Crippen molar-refractivity contribution < 1.29 is 14.3 Å². The molecule has 0 saturated heterocycles. The number of carbonyl (C=O) groups is 1. The first-order chi connectivity index (χ1) is 15.2. The number of para-hydroxylation sites is 3. The molecule has 2 aromatic carbocycles. The number of rotatable bonds is 7. The van der Waals surface area contributed by atoms with Gasteiger partial charge in [0.05, 0.1) is 18.0 Å². The highest BCUT2D eigenvalue weighted by Gasteiger charge is 2.31. The Labute approximate surface area is 185 Å². The minimum atomic E-state index is -0.189. The molecule has 0 unspecified atom stereocenters. The van der Waals surface area contributed by atoms with Gasteiger partial charge in [-0.2, -0.15) is 0 Å². The summed E-state index contributed by atoms with van der Waals surface area (Å²) in [5, 5.41) is 5.30. The lowest BCUT2D eigenvalue weighted by Crippen LogP contribution is -2.42. The van der Waals surface area contributed by atoms with Crippen LogP contribution in [-0.2, 0) is 4.79 Å². The van der Waals surface area contributed by atoms with Crippen LogP contribution in [0.3, 0.4) is 0 Å². The first kappa shape index (κ1) is 19.9. The van der Waals surface area contributed by atoms with Crippen LogP contribution in [0.2, 0.25) is 0 Å². The van der Waals surface area contributed by atoms with Crippen molar-refractivity contribution in [3.05, 3.63) is 60.4 Å². The SMILES string of the molecule is CN(C[C@@H]1COc2ccccc2O1)C(=O)CSc1nc(C2CC2)n(-c2ccccc2)n1. The maximum atomic E-state index is 12.7. The van der Waals surface area contributed by atoms with Gasteiger partial charge in [-0.3, -0.25) is 4.79 Å². The normalized spacial score (nSPS) is 17.4. The van der Waals surface area contributed by atoms with E-state index in [2.05, 4.69) is 5.10 Å². The first-order valence-electron chi connectivity index (χ1n) is 10.4. The number of thioether (sulfide) groups is 1. The Balaban J connectivity index is 1.19. The third kappa shape index (κ3) is 4.54. The van der Waals surface area contributed by atoms with E-state index in [0.717, 1.165) is 35.9 Å². The first-order valence-corrected chi connectivity index (χ1v) is 11.4. The number of hydrogen-bond donors (Lipinski definition) is 0. The number of hydrogen-bond acceptors (Lipinski definition) is 6. The third-order valence-electron chi connectivity index (χ3n) is 5.35. The van der Waals surface area contributed by atoms with Gasteiger partial charge in [-0.15, -0.1) is 5.10 Å². The molecule has 0 spiro atoms. The number of ether oxygens (including phenoxy) is 2. The Morgan fingerprint density at radius 2 is 1.87 bits per heavy atom. The molecular weight excluding hydrogens is 412 g/mol. The van der Waals surface area contributed by atoms with Crippen LogP contribution < -0.4 is 9.47 Å². The van der Waals surface area contributed by atoms with Gasteiger partial charge in [0.2, 0.25) is 11.1 Å². The van der Waals surface area contributed by atoms with E-state index in [0.29, 0.717) is 24.2 Å². The van der Waals surface area contributed by atoms with Crippen molar-refractivity contribution in [2.75, 3.05) is 26.0 Å². The number of likely N-dealkylation sites (N-methyl/N-ethyl adjacent to an activating group) is 1. The molecule has 1 saturated carbocycles.